The minimum Gasteiger partial charge on any atom is -0.467 e. The first-order valence-electron chi connectivity index (χ1n) is 8.44. The van der Waals surface area contributed by atoms with Crippen LogP contribution in [0.1, 0.15) is 26.0 Å². The highest BCUT2D eigenvalue weighted by Crippen LogP contribution is 2.25. The maximum Gasteiger partial charge on any atom is 0.328 e. The Balaban J connectivity index is 1.82. The molecule has 27 heavy (non-hydrogen) atoms. The molecule has 2 aromatic heterocycles. The number of aromatic nitrogens is 1. The van der Waals surface area contributed by atoms with E-state index >= 15 is 0 Å². The van der Waals surface area contributed by atoms with Gasteiger partial charge in [0, 0.05) is 16.3 Å². The van der Waals surface area contributed by atoms with Crippen molar-refractivity contribution in [3.05, 3.63) is 27.9 Å². The predicted molar refractivity (Wildman–Crippen MR) is 103 cm³/mol. The number of thiazole rings is 1. The number of rotatable bonds is 9. The van der Waals surface area contributed by atoms with Gasteiger partial charge in [-0.2, -0.15) is 11.3 Å². The lowest BCUT2D eigenvalue weighted by atomic mass is 9.99. The number of ether oxygens (including phenoxy) is 2. The third-order valence-electron chi connectivity index (χ3n) is 3.99. The average molecular weight is 411 g/mol. The second-order valence-electron chi connectivity index (χ2n) is 5.95. The van der Waals surface area contributed by atoms with Crippen LogP contribution >= 0.6 is 22.7 Å². The van der Waals surface area contributed by atoms with Crippen LogP contribution in [0.3, 0.4) is 0 Å². The number of hydrogen-bond acceptors (Lipinski definition) is 8. The molecular weight excluding hydrogens is 388 g/mol. The number of carbonyl (C=O) groups is 3. The molecule has 0 saturated heterocycles. The van der Waals surface area contributed by atoms with Crippen molar-refractivity contribution in [2.45, 2.75) is 32.7 Å². The maximum absolute atomic E-state index is 12.0. The largest absolute Gasteiger partial charge is 0.467 e. The highest BCUT2D eigenvalue weighted by molar-refractivity contribution is 7.14. The zero-order chi connectivity index (χ0) is 19.8. The van der Waals surface area contributed by atoms with Gasteiger partial charge in [-0.05, 0) is 17.4 Å². The van der Waals surface area contributed by atoms with E-state index < -0.39 is 30.5 Å². The van der Waals surface area contributed by atoms with E-state index in [4.69, 9.17) is 9.47 Å². The van der Waals surface area contributed by atoms with Gasteiger partial charge in [0.05, 0.1) is 19.2 Å². The van der Waals surface area contributed by atoms with Crippen molar-refractivity contribution in [1.82, 2.24) is 10.3 Å². The Kier molecular flexibility index (Phi) is 7.93. The first-order valence-corrected chi connectivity index (χ1v) is 10.3. The Labute approximate surface area is 165 Å². The van der Waals surface area contributed by atoms with Gasteiger partial charge in [-0.3, -0.25) is 9.59 Å². The van der Waals surface area contributed by atoms with Crippen molar-refractivity contribution in [3.63, 3.8) is 0 Å². The Hall–Kier alpha value is -2.26. The van der Waals surface area contributed by atoms with Crippen molar-refractivity contribution < 1.29 is 23.9 Å². The predicted octanol–water partition coefficient (Wildman–Crippen LogP) is 2.66. The van der Waals surface area contributed by atoms with Gasteiger partial charge >= 0.3 is 11.9 Å². The molecule has 0 bridgehead atoms. The molecule has 2 heterocycles. The Morgan fingerprint density at radius 1 is 1.30 bits per heavy atom. The van der Waals surface area contributed by atoms with E-state index in [9.17, 15) is 14.4 Å². The van der Waals surface area contributed by atoms with Gasteiger partial charge in [0.1, 0.15) is 11.0 Å². The monoisotopic (exact) mass is 410 g/mol. The number of nitrogens with one attached hydrogen (secondary N) is 1. The summed E-state index contributed by atoms with van der Waals surface area (Å²) in [6.45, 7) is 3.29. The SMILES string of the molecule is CC[C@H](C)[C@@H](NC(=O)COC(=O)Cc1csc(-c2ccsc2)n1)C(=O)OC. The molecule has 0 aromatic carbocycles. The summed E-state index contributed by atoms with van der Waals surface area (Å²) in [7, 11) is 1.27. The fraction of sp³-hybridized carbons (Fsp3) is 0.444. The Morgan fingerprint density at radius 3 is 2.70 bits per heavy atom. The summed E-state index contributed by atoms with van der Waals surface area (Å²) in [6, 6.07) is 1.20. The molecule has 0 aliphatic rings. The molecule has 1 N–H and O–H groups in total. The smallest absolute Gasteiger partial charge is 0.328 e. The lowest BCUT2D eigenvalue weighted by Crippen LogP contribution is -2.47. The summed E-state index contributed by atoms with van der Waals surface area (Å²) < 4.78 is 9.70. The molecule has 0 aliphatic heterocycles. The molecule has 7 nitrogen and oxygen atoms in total. The molecule has 1 amide bonds. The molecule has 0 radical (unpaired) electrons. The van der Waals surface area contributed by atoms with E-state index in [0.29, 0.717) is 12.1 Å². The first-order chi connectivity index (χ1) is 12.9. The van der Waals surface area contributed by atoms with Gasteiger partial charge in [-0.25, -0.2) is 9.78 Å². The second-order valence-corrected chi connectivity index (χ2v) is 7.59. The van der Waals surface area contributed by atoms with Crippen LogP contribution < -0.4 is 5.32 Å². The van der Waals surface area contributed by atoms with Crippen molar-refractivity contribution >= 4 is 40.5 Å². The van der Waals surface area contributed by atoms with E-state index in [1.165, 1.54) is 18.4 Å². The minimum atomic E-state index is -0.766. The van der Waals surface area contributed by atoms with E-state index in [0.717, 1.165) is 10.6 Å². The Bertz CT molecular complexity index is 773. The van der Waals surface area contributed by atoms with Crippen LogP contribution in [0.25, 0.3) is 10.6 Å². The number of hydrogen-bond donors (Lipinski definition) is 1. The minimum absolute atomic E-state index is 0.0142. The zero-order valence-corrected chi connectivity index (χ0v) is 17.0. The third-order valence-corrected chi connectivity index (χ3v) is 5.62. The number of carbonyl (C=O) groups excluding carboxylic acids is 3. The van der Waals surface area contributed by atoms with Crippen molar-refractivity contribution in [2.75, 3.05) is 13.7 Å². The van der Waals surface area contributed by atoms with Gasteiger partial charge in [0.15, 0.2) is 6.61 Å². The Morgan fingerprint density at radius 2 is 2.07 bits per heavy atom. The quantitative estimate of drug-likeness (QED) is 0.639. The molecule has 0 aliphatic carbocycles. The average Bonchev–Trinajstić information content (AvgIpc) is 3.34. The van der Waals surface area contributed by atoms with E-state index in [1.54, 1.807) is 16.7 Å². The van der Waals surface area contributed by atoms with Crippen LogP contribution in [0.15, 0.2) is 22.2 Å². The molecule has 2 atom stereocenters. The summed E-state index contributed by atoms with van der Waals surface area (Å²) in [4.78, 5) is 40.1. The molecule has 0 saturated carbocycles. The van der Waals surface area contributed by atoms with Crippen molar-refractivity contribution in [3.8, 4) is 10.6 Å². The van der Waals surface area contributed by atoms with Crippen LogP contribution in [-0.2, 0) is 30.3 Å². The van der Waals surface area contributed by atoms with Crippen LogP contribution in [0.5, 0.6) is 0 Å². The first kappa shape index (κ1) is 21.0. The maximum atomic E-state index is 12.0. The van der Waals surface area contributed by atoms with Crippen molar-refractivity contribution in [2.24, 2.45) is 5.92 Å². The number of nitrogens with zero attached hydrogens (tertiary/aromatic N) is 1. The second kappa shape index (κ2) is 10.2. The lowest BCUT2D eigenvalue weighted by molar-refractivity contribution is -0.150. The topological polar surface area (TPSA) is 94.6 Å². The highest BCUT2D eigenvalue weighted by atomic mass is 32.1. The molecule has 146 valence electrons. The molecule has 9 heteroatoms. The highest BCUT2D eigenvalue weighted by Gasteiger charge is 2.27. The summed E-state index contributed by atoms with van der Waals surface area (Å²) in [5, 5.41) is 9.14. The fourth-order valence-corrected chi connectivity index (χ4v) is 3.79. The van der Waals surface area contributed by atoms with Crippen LogP contribution in [0.4, 0.5) is 0 Å². The van der Waals surface area contributed by atoms with Crippen LogP contribution in [0, 0.1) is 5.92 Å². The number of methoxy groups -OCH3 is 1. The van der Waals surface area contributed by atoms with Gasteiger partial charge in [-0.15, -0.1) is 11.3 Å². The van der Waals surface area contributed by atoms with Gasteiger partial charge < -0.3 is 14.8 Å². The molecule has 2 rings (SSSR count). The summed E-state index contributed by atoms with van der Waals surface area (Å²) in [5.41, 5.74) is 1.61. The standard InChI is InChI=1S/C18H22N2O5S2/c1-4-11(2)16(18(23)24-3)20-14(21)8-25-15(22)7-13-10-27-17(19-13)12-5-6-26-9-12/h5-6,9-11,16H,4,7-8H2,1-3H3,(H,20,21)/t11-,16+/m0/s1. The van der Waals surface area contributed by atoms with Gasteiger partial charge in [-0.1, -0.05) is 20.3 Å². The van der Waals surface area contributed by atoms with E-state index in [2.05, 4.69) is 10.3 Å². The van der Waals surface area contributed by atoms with Crippen molar-refractivity contribution in [1.29, 1.82) is 0 Å². The number of esters is 2. The van der Waals surface area contributed by atoms with Gasteiger partial charge in [0.2, 0.25) is 0 Å². The summed E-state index contributed by atoms with van der Waals surface area (Å²) in [6.07, 6.45) is 0.676. The van der Waals surface area contributed by atoms with E-state index in [-0.39, 0.29) is 12.3 Å². The fourth-order valence-electron chi connectivity index (χ4n) is 2.26. The van der Waals surface area contributed by atoms with Crippen LogP contribution in [-0.4, -0.2) is 42.6 Å². The summed E-state index contributed by atoms with van der Waals surface area (Å²) in [5.74, 6) is -1.71. The zero-order valence-electron chi connectivity index (χ0n) is 15.4. The number of thiophene rings is 1. The normalized spacial score (nSPS) is 12.9. The molecule has 0 spiro atoms. The molecular formula is C18H22N2O5S2. The number of amides is 1. The molecule has 0 fully saturated rings. The lowest BCUT2D eigenvalue weighted by Gasteiger charge is -2.21. The van der Waals surface area contributed by atoms with Gasteiger partial charge in [0.25, 0.3) is 5.91 Å². The summed E-state index contributed by atoms with van der Waals surface area (Å²) >= 11 is 3.03. The molecule has 2 aromatic rings. The molecule has 0 unspecified atom stereocenters. The van der Waals surface area contributed by atoms with Crippen LogP contribution in [0.2, 0.25) is 0 Å². The van der Waals surface area contributed by atoms with E-state index in [1.807, 2.05) is 30.7 Å². The third kappa shape index (κ3) is 6.14.